The van der Waals surface area contributed by atoms with Gasteiger partial charge in [-0.2, -0.15) is 0 Å². The summed E-state index contributed by atoms with van der Waals surface area (Å²) in [7, 11) is 0. The maximum atomic E-state index is 5.47. The minimum Gasteiger partial charge on any atom is -0.379 e. The van der Waals surface area contributed by atoms with Gasteiger partial charge in [0, 0.05) is 38.1 Å². The van der Waals surface area contributed by atoms with Crippen LogP contribution in [-0.2, 0) is 11.2 Å². The van der Waals surface area contributed by atoms with Gasteiger partial charge in [0.05, 0.1) is 30.8 Å². The molecule has 1 fully saturated rings. The number of aryl methyl sites for hydroxylation is 1. The summed E-state index contributed by atoms with van der Waals surface area (Å²) in [4.78, 5) is 15.3. The highest BCUT2D eigenvalue weighted by molar-refractivity contribution is 14.0. The van der Waals surface area contributed by atoms with Crippen molar-refractivity contribution >= 4 is 41.0 Å². The number of hydrogen-bond donors (Lipinski definition) is 3. The van der Waals surface area contributed by atoms with Gasteiger partial charge < -0.3 is 20.4 Å². The Morgan fingerprint density at radius 2 is 2.00 bits per heavy atom. The molecule has 0 amide bonds. The Kier molecular flexibility index (Phi) is 9.64. The van der Waals surface area contributed by atoms with Gasteiger partial charge in [-0.3, -0.25) is 9.89 Å². The summed E-state index contributed by atoms with van der Waals surface area (Å²) in [5, 5.41) is 6.80. The second kappa shape index (κ2) is 11.7. The van der Waals surface area contributed by atoms with Crippen LogP contribution >= 0.6 is 24.0 Å². The highest BCUT2D eigenvalue weighted by Gasteiger charge is 2.28. The average Bonchev–Trinajstić information content (AvgIpc) is 3.13. The second-order valence-corrected chi connectivity index (χ2v) is 7.84. The van der Waals surface area contributed by atoms with Crippen molar-refractivity contribution in [3.8, 4) is 0 Å². The predicted octanol–water partition coefficient (Wildman–Crippen LogP) is 2.78. The number of hydrogen-bond acceptors (Lipinski definition) is 4. The summed E-state index contributed by atoms with van der Waals surface area (Å²) in [6.45, 7) is 12.7. The van der Waals surface area contributed by atoms with E-state index in [9.17, 15) is 0 Å². The third-order valence-electron chi connectivity index (χ3n) is 5.16. The summed E-state index contributed by atoms with van der Waals surface area (Å²) in [5.74, 6) is 1.92. The molecule has 3 N–H and O–H groups in total. The molecule has 0 saturated carbocycles. The van der Waals surface area contributed by atoms with E-state index in [-0.39, 0.29) is 29.5 Å². The molecule has 7 nitrogen and oxygen atoms in total. The normalized spacial score (nSPS) is 15.9. The van der Waals surface area contributed by atoms with Gasteiger partial charge in [-0.25, -0.2) is 4.98 Å². The highest BCUT2D eigenvalue weighted by Crippen LogP contribution is 2.16. The second-order valence-electron chi connectivity index (χ2n) is 7.84. The van der Waals surface area contributed by atoms with Crippen molar-refractivity contribution in [2.24, 2.45) is 4.99 Å². The molecule has 8 heteroatoms. The molecule has 0 unspecified atom stereocenters. The molecule has 1 saturated heterocycles. The number of rotatable bonds is 8. The Hall–Kier alpha value is -1.39. The van der Waals surface area contributed by atoms with E-state index in [0.29, 0.717) is 0 Å². The minimum absolute atomic E-state index is 0. The first kappa shape index (κ1) is 23.9. The summed E-state index contributed by atoms with van der Waals surface area (Å²) in [5.41, 5.74) is 2.16. The molecule has 0 atom stereocenters. The maximum absolute atomic E-state index is 5.47. The third kappa shape index (κ3) is 7.11. The van der Waals surface area contributed by atoms with Crippen LogP contribution < -0.4 is 10.6 Å². The van der Waals surface area contributed by atoms with Crippen LogP contribution in [0.4, 0.5) is 0 Å². The van der Waals surface area contributed by atoms with Gasteiger partial charge in [0.1, 0.15) is 5.82 Å². The van der Waals surface area contributed by atoms with Gasteiger partial charge >= 0.3 is 0 Å². The molecule has 3 rings (SSSR count). The van der Waals surface area contributed by atoms with Crippen molar-refractivity contribution in [3.05, 3.63) is 30.1 Å². The van der Waals surface area contributed by atoms with Gasteiger partial charge in [0.2, 0.25) is 0 Å². The number of ether oxygens (including phenoxy) is 1. The van der Waals surface area contributed by atoms with Crippen molar-refractivity contribution in [1.82, 2.24) is 25.5 Å². The minimum atomic E-state index is 0. The van der Waals surface area contributed by atoms with Crippen molar-refractivity contribution in [2.75, 3.05) is 45.9 Å². The zero-order chi connectivity index (χ0) is 19.8. The molecule has 1 aliphatic rings. The first-order valence-corrected chi connectivity index (χ1v) is 10.4. The standard InChI is InChI=1S/C21H34N6O.HI/c1-4-22-20(24-16-21(2,3)27-12-14-28-15-13-27)23-11-7-10-19-25-17-8-5-6-9-18(17)26-19;/h5-6,8-9H,4,7,10-16H2,1-3H3,(H,25,26)(H2,22,23,24);1H. The van der Waals surface area contributed by atoms with E-state index in [1.165, 1.54) is 0 Å². The fourth-order valence-electron chi connectivity index (χ4n) is 3.47. The van der Waals surface area contributed by atoms with E-state index in [1.54, 1.807) is 0 Å². The predicted molar refractivity (Wildman–Crippen MR) is 130 cm³/mol. The molecule has 29 heavy (non-hydrogen) atoms. The number of nitrogens with one attached hydrogen (secondary N) is 3. The first-order valence-electron chi connectivity index (χ1n) is 10.4. The summed E-state index contributed by atoms with van der Waals surface area (Å²) >= 11 is 0. The molecule has 2 heterocycles. The quantitative estimate of drug-likeness (QED) is 0.219. The molecule has 2 aromatic rings. The summed E-state index contributed by atoms with van der Waals surface area (Å²) < 4.78 is 5.47. The number of aromatic amines is 1. The molecule has 1 aromatic carbocycles. The van der Waals surface area contributed by atoms with Crippen LogP contribution in [0.1, 0.15) is 33.0 Å². The largest absolute Gasteiger partial charge is 0.379 e. The number of fused-ring (bicyclic) bond motifs is 1. The smallest absolute Gasteiger partial charge is 0.191 e. The summed E-state index contributed by atoms with van der Waals surface area (Å²) in [6, 6.07) is 8.16. The van der Waals surface area contributed by atoms with Crippen molar-refractivity contribution < 1.29 is 4.74 Å². The molecular weight excluding hydrogens is 479 g/mol. The Morgan fingerprint density at radius 3 is 2.72 bits per heavy atom. The monoisotopic (exact) mass is 514 g/mol. The van der Waals surface area contributed by atoms with Crippen LogP contribution in [0.25, 0.3) is 11.0 Å². The van der Waals surface area contributed by atoms with Crippen LogP contribution in [0.3, 0.4) is 0 Å². The lowest BCUT2D eigenvalue weighted by Gasteiger charge is -2.39. The number of aliphatic imine (C=N–C) groups is 1. The van der Waals surface area contributed by atoms with Crippen LogP contribution in [0, 0.1) is 0 Å². The molecule has 1 aromatic heterocycles. The molecule has 0 spiro atoms. The average molecular weight is 514 g/mol. The Bertz CT molecular complexity index is 736. The maximum Gasteiger partial charge on any atom is 0.191 e. The van der Waals surface area contributed by atoms with E-state index < -0.39 is 0 Å². The third-order valence-corrected chi connectivity index (χ3v) is 5.16. The molecule has 0 aliphatic carbocycles. The van der Waals surface area contributed by atoms with Gasteiger partial charge in [-0.05, 0) is 39.3 Å². The molecular formula is C21H35IN6O. The van der Waals surface area contributed by atoms with Crippen molar-refractivity contribution in [1.29, 1.82) is 0 Å². The van der Waals surface area contributed by atoms with Gasteiger partial charge in [-0.15, -0.1) is 24.0 Å². The SMILES string of the molecule is CCNC(=NCC(C)(C)N1CCOCC1)NCCCc1nc2ccccc2[nH]1.I. The van der Waals surface area contributed by atoms with E-state index in [2.05, 4.69) is 52.3 Å². The van der Waals surface area contributed by atoms with Crippen LogP contribution in [-0.4, -0.2) is 72.3 Å². The number of nitrogens with zero attached hydrogens (tertiary/aromatic N) is 3. The highest BCUT2D eigenvalue weighted by atomic mass is 127. The van der Waals surface area contributed by atoms with Crippen LogP contribution in [0.2, 0.25) is 0 Å². The number of para-hydroxylation sites is 2. The van der Waals surface area contributed by atoms with Crippen LogP contribution in [0.15, 0.2) is 29.3 Å². The number of morpholine rings is 1. The number of benzene rings is 1. The fourth-order valence-corrected chi connectivity index (χ4v) is 3.47. The van der Waals surface area contributed by atoms with Crippen molar-refractivity contribution in [2.45, 2.75) is 39.2 Å². The van der Waals surface area contributed by atoms with E-state index in [4.69, 9.17) is 9.73 Å². The first-order chi connectivity index (χ1) is 13.6. The van der Waals surface area contributed by atoms with Crippen LogP contribution in [0.5, 0.6) is 0 Å². The molecule has 162 valence electrons. The lowest BCUT2D eigenvalue weighted by molar-refractivity contribution is -0.00683. The van der Waals surface area contributed by atoms with E-state index >= 15 is 0 Å². The number of H-pyrrole nitrogens is 1. The number of guanidine groups is 1. The number of aromatic nitrogens is 2. The molecule has 0 radical (unpaired) electrons. The van der Waals surface area contributed by atoms with Gasteiger partial charge in [0.15, 0.2) is 5.96 Å². The van der Waals surface area contributed by atoms with Crippen molar-refractivity contribution in [3.63, 3.8) is 0 Å². The number of imidazole rings is 1. The molecule has 1 aliphatic heterocycles. The lowest BCUT2D eigenvalue weighted by Crippen LogP contribution is -2.52. The molecule has 0 bridgehead atoms. The summed E-state index contributed by atoms with van der Waals surface area (Å²) in [6.07, 6.45) is 1.91. The zero-order valence-corrected chi connectivity index (χ0v) is 20.2. The Labute approximate surface area is 191 Å². The Balaban J connectivity index is 0.00000300. The van der Waals surface area contributed by atoms with Gasteiger partial charge in [0.25, 0.3) is 0 Å². The van der Waals surface area contributed by atoms with E-state index in [1.807, 2.05) is 18.2 Å². The topological polar surface area (TPSA) is 77.6 Å². The fraction of sp³-hybridized carbons (Fsp3) is 0.619. The Morgan fingerprint density at radius 1 is 1.24 bits per heavy atom. The number of halogens is 1. The van der Waals surface area contributed by atoms with E-state index in [0.717, 1.165) is 81.6 Å². The zero-order valence-electron chi connectivity index (χ0n) is 17.8. The lowest BCUT2D eigenvalue weighted by atomic mass is 10.0. The van der Waals surface area contributed by atoms with Gasteiger partial charge in [-0.1, -0.05) is 12.1 Å².